The largest absolute Gasteiger partial charge is 0.394 e. The molecule has 0 saturated carbocycles. The number of hydrogen-bond acceptors (Lipinski definition) is 10. The molecule has 5 atom stereocenters. The van der Waals surface area contributed by atoms with Gasteiger partial charge < -0.3 is 30.1 Å². The molecule has 1 aliphatic heterocycles. The number of ether oxygens (including phenoxy) is 1. The lowest BCUT2D eigenvalue weighted by Crippen LogP contribution is -2.56. The van der Waals surface area contributed by atoms with Crippen molar-refractivity contribution in [3.63, 3.8) is 0 Å². The van der Waals surface area contributed by atoms with Crippen LogP contribution in [0.5, 0.6) is 0 Å². The molecular formula is C22H28N4O7S. The minimum absolute atomic E-state index is 0.0493. The number of aliphatic hydroxyl groups is 4. The van der Waals surface area contributed by atoms with Crippen molar-refractivity contribution in [3.05, 3.63) is 48.3 Å². The molecule has 34 heavy (non-hydrogen) atoms. The van der Waals surface area contributed by atoms with Gasteiger partial charge in [0.25, 0.3) is 0 Å². The van der Waals surface area contributed by atoms with Crippen molar-refractivity contribution in [2.24, 2.45) is 0 Å². The molecule has 12 heteroatoms. The van der Waals surface area contributed by atoms with Gasteiger partial charge in [0.05, 0.1) is 22.9 Å². The van der Waals surface area contributed by atoms with Gasteiger partial charge >= 0.3 is 0 Å². The predicted molar refractivity (Wildman–Crippen MR) is 123 cm³/mol. The smallest absolute Gasteiger partial charge is 0.180 e. The lowest BCUT2D eigenvalue weighted by Gasteiger charge is -2.39. The summed E-state index contributed by atoms with van der Waals surface area (Å²) in [6, 6.07) is 9.54. The molecule has 0 amide bonds. The van der Waals surface area contributed by atoms with Crippen molar-refractivity contribution in [3.8, 4) is 0 Å². The Morgan fingerprint density at radius 1 is 1.06 bits per heavy atom. The third-order valence-electron chi connectivity index (χ3n) is 6.03. The Hall–Kier alpha value is -2.61. The van der Waals surface area contributed by atoms with E-state index in [0.717, 1.165) is 15.8 Å². The molecule has 0 bridgehead atoms. The molecule has 4 N–H and O–H groups in total. The van der Waals surface area contributed by atoms with Crippen LogP contribution < -0.4 is 4.90 Å². The molecule has 1 aliphatic rings. The first-order valence-electron chi connectivity index (χ1n) is 10.8. The number of nitrogens with zero attached hydrogens (tertiary/aromatic N) is 4. The van der Waals surface area contributed by atoms with E-state index in [2.05, 4.69) is 10.3 Å². The molecular weight excluding hydrogens is 464 g/mol. The third-order valence-corrected chi connectivity index (χ3v) is 7.80. The van der Waals surface area contributed by atoms with Gasteiger partial charge in [0, 0.05) is 43.2 Å². The summed E-state index contributed by atoms with van der Waals surface area (Å²) >= 11 is 0. The Kier molecular flexibility index (Phi) is 6.90. The first-order chi connectivity index (χ1) is 16.1. The fourth-order valence-electron chi connectivity index (χ4n) is 4.22. The van der Waals surface area contributed by atoms with Gasteiger partial charge in [0.15, 0.2) is 16.1 Å². The van der Waals surface area contributed by atoms with E-state index < -0.39 is 47.1 Å². The normalized spacial score (nSPS) is 25.5. The first-order valence-corrected chi connectivity index (χ1v) is 12.4. The summed E-state index contributed by atoms with van der Waals surface area (Å²) in [4.78, 5) is 2.15. The van der Waals surface area contributed by atoms with Crippen LogP contribution in [0.15, 0.2) is 47.5 Å². The number of aliphatic hydroxyl groups excluding tert-OH is 4. The van der Waals surface area contributed by atoms with Gasteiger partial charge in [-0.3, -0.25) is 0 Å². The zero-order valence-electron chi connectivity index (χ0n) is 18.8. The van der Waals surface area contributed by atoms with E-state index in [0.29, 0.717) is 11.1 Å². The minimum Gasteiger partial charge on any atom is -0.394 e. The average Bonchev–Trinajstić information content (AvgIpc) is 3.27. The maximum atomic E-state index is 13.2. The van der Waals surface area contributed by atoms with Gasteiger partial charge in [0.2, 0.25) is 0 Å². The Labute approximate surface area is 196 Å². The van der Waals surface area contributed by atoms with E-state index in [1.54, 1.807) is 18.2 Å². The van der Waals surface area contributed by atoms with E-state index >= 15 is 0 Å². The third kappa shape index (κ3) is 4.52. The number of aromatic nitrogens is 3. The second-order valence-electron chi connectivity index (χ2n) is 8.50. The van der Waals surface area contributed by atoms with Gasteiger partial charge in [-0.05, 0) is 12.1 Å². The molecule has 0 spiro atoms. The Balaban J connectivity index is 1.54. The molecule has 1 fully saturated rings. The molecule has 184 valence electrons. The molecule has 2 heterocycles. The van der Waals surface area contributed by atoms with Crippen LogP contribution >= 0.6 is 0 Å². The van der Waals surface area contributed by atoms with Crippen LogP contribution in [0.3, 0.4) is 0 Å². The molecule has 11 nitrogen and oxygen atoms in total. The standard InChI is InChI=1S/C22H28N4O7S/c1-25(2)16-7-3-6-15-14(16)5-4-8-18(15)34(31,32)10-9-13-11-26(24-23-13)19-21(29)20(28)17(12-27)33-22(19)30/h3-8,11,17,19-22,27-30H,9-10,12H2,1-2H3/t17-,19-,20-,21-,22?/m1/s1. The summed E-state index contributed by atoms with van der Waals surface area (Å²) in [6.07, 6.45) is -4.15. The van der Waals surface area contributed by atoms with E-state index in [-0.39, 0.29) is 17.1 Å². The van der Waals surface area contributed by atoms with Crippen molar-refractivity contribution in [2.45, 2.75) is 42.0 Å². The molecule has 4 rings (SSSR count). The van der Waals surface area contributed by atoms with Crippen LogP contribution in [0.4, 0.5) is 5.69 Å². The number of fused-ring (bicyclic) bond motifs is 1. The monoisotopic (exact) mass is 492 g/mol. The molecule has 1 aromatic heterocycles. The lowest BCUT2D eigenvalue weighted by molar-refractivity contribution is -0.265. The zero-order valence-corrected chi connectivity index (χ0v) is 19.6. The second kappa shape index (κ2) is 9.56. The summed E-state index contributed by atoms with van der Waals surface area (Å²) in [5.41, 5.74) is 1.24. The topological polar surface area (TPSA) is 158 Å². The molecule has 3 aromatic rings. The van der Waals surface area contributed by atoms with E-state index in [4.69, 9.17) is 4.74 Å². The van der Waals surface area contributed by atoms with E-state index in [1.165, 1.54) is 6.20 Å². The first kappa shape index (κ1) is 24.5. The van der Waals surface area contributed by atoms with Crippen LogP contribution in [0.25, 0.3) is 10.8 Å². The van der Waals surface area contributed by atoms with Gasteiger partial charge in [0.1, 0.15) is 24.4 Å². The quantitative estimate of drug-likeness (QED) is 0.338. The van der Waals surface area contributed by atoms with Crippen molar-refractivity contribution < 1.29 is 33.6 Å². The number of hydrogen-bond donors (Lipinski definition) is 4. The number of sulfone groups is 1. The second-order valence-corrected chi connectivity index (χ2v) is 10.6. The van der Waals surface area contributed by atoms with Crippen molar-refractivity contribution >= 4 is 26.3 Å². The fraction of sp³-hybridized carbons (Fsp3) is 0.455. The van der Waals surface area contributed by atoms with Crippen molar-refractivity contribution in [1.29, 1.82) is 0 Å². The maximum Gasteiger partial charge on any atom is 0.180 e. The highest BCUT2D eigenvalue weighted by atomic mass is 32.2. The van der Waals surface area contributed by atoms with E-state index in [1.807, 2.05) is 37.2 Å². The number of benzene rings is 2. The molecule has 2 aromatic carbocycles. The Bertz CT molecular complexity index is 1260. The highest BCUT2D eigenvalue weighted by Crippen LogP contribution is 2.31. The van der Waals surface area contributed by atoms with Crippen LogP contribution in [0, 0.1) is 0 Å². The highest BCUT2D eigenvalue weighted by molar-refractivity contribution is 7.91. The molecule has 0 aliphatic carbocycles. The van der Waals surface area contributed by atoms with Crippen LogP contribution in [-0.2, 0) is 21.0 Å². The zero-order chi connectivity index (χ0) is 24.6. The maximum absolute atomic E-state index is 13.2. The minimum atomic E-state index is -3.67. The summed E-state index contributed by atoms with van der Waals surface area (Å²) in [6.45, 7) is -0.577. The van der Waals surface area contributed by atoms with E-state index in [9.17, 15) is 28.8 Å². The summed E-state index contributed by atoms with van der Waals surface area (Å²) in [7, 11) is 0.122. The van der Waals surface area contributed by atoms with Gasteiger partial charge in [-0.15, -0.1) is 5.10 Å². The SMILES string of the molecule is CN(C)c1cccc2c(S(=O)(=O)CCc3cn([C@H]4C(O)O[C@H](CO)[C@@H](O)[C@@H]4O)nn3)cccc12. The Morgan fingerprint density at radius 2 is 1.76 bits per heavy atom. The van der Waals surface area contributed by atoms with Crippen LogP contribution in [-0.4, -0.2) is 94.9 Å². The van der Waals surface area contributed by atoms with Crippen LogP contribution in [0.2, 0.25) is 0 Å². The number of aryl methyl sites for hydroxylation is 1. The lowest BCUT2D eigenvalue weighted by atomic mass is 9.97. The summed E-state index contributed by atoms with van der Waals surface area (Å²) in [5, 5.41) is 49.1. The van der Waals surface area contributed by atoms with Gasteiger partial charge in [-0.2, -0.15) is 0 Å². The Morgan fingerprint density at radius 3 is 2.47 bits per heavy atom. The van der Waals surface area contributed by atoms with Crippen molar-refractivity contribution in [1.82, 2.24) is 15.0 Å². The summed E-state index contributed by atoms with van der Waals surface area (Å²) < 4.78 is 32.7. The number of rotatable bonds is 7. The average molecular weight is 493 g/mol. The van der Waals surface area contributed by atoms with Gasteiger partial charge in [-0.25, -0.2) is 13.1 Å². The molecule has 1 unspecified atom stereocenters. The highest BCUT2D eigenvalue weighted by Gasteiger charge is 2.45. The molecule has 0 radical (unpaired) electrons. The fourth-order valence-corrected chi connectivity index (χ4v) is 5.71. The van der Waals surface area contributed by atoms with Crippen LogP contribution in [0.1, 0.15) is 11.7 Å². The summed E-state index contributed by atoms with van der Waals surface area (Å²) in [5.74, 6) is -0.224. The number of anilines is 1. The molecule has 1 saturated heterocycles. The predicted octanol–water partition coefficient (Wildman–Crippen LogP) is -0.514. The van der Waals surface area contributed by atoms with Crippen molar-refractivity contribution in [2.75, 3.05) is 31.4 Å². The van der Waals surface area contributed by atoms with Gasteiger partial charge in [-0.1, -0.05) is 29.5 Å².